The maximum absolute atomic E-state index is 12.4. The van der Waals surface area contributed by atoms with E-state index < -0.39 is 0 Å². The molecule has 0 aromatic carbocycles. The molecular weight excluding hydrogens is 244 g/mol. The summed E-state index contributed by atoms with van der Waals surface area (Å²) in [5.41, 5.74) is 0. The van der Waals surface area contributed by atoms with Gasteiger partial charge < -0.3 is 15.0 Å². The minimum absolute atomic E-state index is 0.0431. The molecule has 0 spiro atoms. The zero-order chi connectivity index (χ0) is 14.0. The first-order chi connectivity index (χ1) is 9.08. The second-order valence-electron chi connectivity index (χ2n) is 5.50. The molecule has 0 aromatic rings. The van der Waals surface area contributed by atoms with Crippen LogP contribution in [0, 0.1) is 5.92 Å². The Morgan fingerprint density at radius 2 is 2.05 bits per heavy atom. The van der Waals surface area contributed by atoms with E-state index in [-0.39, 0.29) is 30.0 Å². The molecule has 0 aliphatic carbocycles. The monoisotopic (exact) mass is 268 g/mol. The molecule has 2 aliphatic rings. The van der Waals surface area contributed by atoms with Crippen molar-refractivity contribution < 1.29 is 14.3 Å². The van der Waals surface area contributed by atoms with Gasteiger partial charge in [-0.2, -0.15) is 0 Å². The van der Waals surface area contributed by atoms with Gasteiger partial charge in [0.2, 0.25) is 11.8 Å². The number of rotatable bonds is 4. The Bertz CT molecular complexity index is 359. The van der Waals surface area contributed by atoms with Crippen LogP contribution < -0.4 is 5.32 Å². The van der Waals surface area contributed by atoms with Crippen molar-refractivity contribution in [1.82, 2.24) is 10.2 Å². The van der Waals surface area contributed by atoms with Gasteiger partial charge in [0.05, 0.1) is 6.10 Å². The zero-order valence-electron chi connectivity index (χ0n) is 12.0. The van der Waals surface area contributed by atoms with Crippen molar-refractivity contribution in [2.24, 2.45) is 5.92 Å². The van der Waals surface area contributed by atoms with Gasteiger partial charge in [-0.05, 0) is 26.2 Å². The van der Waals surface area contributed by atoms with E-state index in [2.05, 4.69) is 12.2 Å². The summed E-state index contributed by atoms with van der Waals surface area (Å²) < 4.78 is 5.67. The van der Waals surface area contributed by atoms with Gasteiger partial charge in [0.25, 0.3) is 0 Å². The molecule has 19 heavy (non-hydrogen) atoms. The Kier molecular flexibility index (Phi) is 4.45. The van der Waals surface area contributed by atoms with E-state index in [1.165, 1.54) is 0 Å². The minimum Gasteiger partial charge on any atom is -0.378 e. The molecule has 5 nitrogen and oxygen atoms in total. The standard InChI is InChI=1S/C14H24N2O3/c1-4-11-14(18)16(9(3)13(17)15-11)8-10-6-7-19-12(10)5-2/h9-12H,4-8H2,1-3H3,(H,15,17). The van der Waals surface area contributed by atoms with Crippen LogP contribution >= 0.6 is 0 Å². The molecule has 2 saturated heterocycles. The zero-order valence-corrected chi connectivity index (χ0v) is 12.0. The predicted molar refractivity (Wildman–Crippen MR) is 71.5 cm³/mol. The summed E-state index contributed by atoms with van der Waals surface area (Å²) in [5, 5.41) is 2.78. The summed E-state index contributed by atoms with van der Waals surface area (Å²) in [6.45, 7) is 7.23. The third-order valence-corrected chi connectivity index (χ3v) is 4.33. The lowest BCUT2D eigenvalue weighted by Gasteiger charge is -2.39. The molecule has 4 unspecified atom stereocenters. The maximum atomic E-state index is 12.4. The van der Waals surface area contributed by atoms with Crippen molar-refractivity contribution in [3.8, 4) is 0 Å². The van der Waals surface area contributed by atoms with Crippen LogP contribution in [0.3, 0.4) is 0 Å². The van der Waals surface area contributed by atoms with Crippen LogP contribution in [0.15, 0.2) is 0 Å². The third-order valence-electron chi connectivity index (χ3n) is 4.33. The van der Waals surface area contributed by atoms with E-state index in [9.17, 15) is 9.59 Å². The number of hydrogen-bond acceptors (Lipinski definition) is 3. The first kappa shape index (κ1) is 14.3. The van der Waals surface area contributed by atoms with Gasteiger partial charge in [-0.15, -0.1) is 0 Å². The first-order valence-electron chi connectivity index (χ1n) is 7.30. The summed E-state index contributed by atoms with van der Waals surface area (Å²) >= 11 is 0. The highest BCUT2D eigenvalue weighted by Crippen LogP contribution is 2.26. The third kappa shape index (κ3) is 2.76. The Balaban J connectivity index is 2.07. The second-order valence-corrected chi connectivity index (χ2v) is 5.50. The Labute approximate surface area is 114 Å². The molecule has 2 aliphatic heterocycles. The summed E-state index contributed by atoms with van der Waals surface area (Å²) in [6, 6.07) is -0.723. The molecule has 2 amide bonds. The number of nitrogens with zero attached hydrogens (tertiary/aromatic N) is 1. The lowest BCUT2D eigenvalue weighted by atomic mass is 9.96. The topological polar surface area (TPSA) is 58.6 Å². The number of amides is 2. The lowest BCUT2D eigenvalue weighted by Crippen LogP contribution is -2.63. The minimum atomic E-state index is -0.367. The van der Waals surface area contributed by atoms with Crippen LogP contribution in [0.2, 0.25) is 0 Å². The SMILES string of the molecule is CCC1NC(=O)C(C)N(CC2CCOC2CC)C1=O. The van der Waals surface area contributed by atoms with Crippen LogP contribution in [0.1, 0.15) is 40.0 Å². The highest BCUT2D eigenvalue weighted by molar-refractivity contribution is 5.96. The van der Waals surface area contributed by atoms with Crippen molar-refractivity contribution >= 4 is 11.8 Å². The second kappa shape index (κ2) is 5.90. The van der Waals surface area contributed by atoms with E-state index in [4.69, 9.17) is 4.74 Å². The van der Waals surface area contributed by atoms with Gasteiger partial charge in [-0.1, -0.05) is 13.8 Å². The summed E-state index contributed by atoms with van der Waals surface area (Å²) in [4.78, 5) is 26.0. The number of piperazine rings is 1. The van der Waals surface area contributed by atoms with E-state index in [1.807, 2.05) is 6.92 Å². The number of hydrogen-bond donors (Lipinski definition) is 1. The first-order valence-corrected chi connectivity index (χ1v) is 7.30. The summed E-state index contributed by atoms with van der Waals surface area (Å²) in [5.74, 6) is 0.370. The van der Waals surface area contributed by atoms with E-state index in [0.29, 0.717) is 18.9 Å². The average molecular weight is 268 g/mol. The molecule has 1 N–H and O–H groups in total. The smallest absolute Gasteiger partial charge is 0.245 e. The fourth-order valence-corrected chi connectivity index (χ4v) is 3.02. The van der Waals surface area contributed by atoms with Crippen LogP contribution in [0.25, 0.3) is 0 Å². The van der Waals surface area contributed by atoms with Gasteiger partial charge in [0.15, 0.2) is 0 Å². The van der Waals surface area contributed by atoms with Crippen LogP contribution in [0.4, 0.5) is 0 Å². The molecule has 0 bridgehead atoms. The quantitative estimate of drug-likeness (QED) is 0.825. The largest absolute Gasteiger partial charge is 0.378 e. The van der Waals surface area contributed by atoms with Gasteiger partial charge in [0, 0.05) is 19.1 Å². The maximum Gasteiger partial charge on any atom is 0.245 e. The fraction of sp³-hybridized carbons (Fsp3) is 0.857. The van der Waals surface area contributed by atoms with Crippen molar-refractivity contribution in [3.05, 3.63) is 0 Å². The van der Waals surface area contributed by atoms with Crippen LogP contribution in [-0.2, 0) is 14.3 Å². The van der Waals surface area contributed by atoms with Gasteiger partial charge in [-0.3, -0.25) is 9.59 Å². The molecule has 0 radical (unpaired) electrons. The lowest BCUT2D eigenvalue weighted by molar-refractivity contribution is -0.149. The van der Waals surface area contributed by atoms with Gasteiger partial charge in [-0.25, -0.2) is 0 Å². The van der Waals surface area contributed by atoms with E-state index >= 15 is 0 Å². The van der Waals surface area contributed by atoms with Crippen molar-refractivity contribution in [2.45, 2.75) is 58.2 Å². The molecule has 2 rings (SSSR count). The van der Waals surface area contributed by atoms with Crippen molar-refractivity contribution in [3.63, 3.8) is 0 Å². The van der Waals surface area contributed by atoms with Crippen LogP contribution in [-0.4, -0.2) is 48.1 Å². The summed E-state index contributed by atoms with van der Waals surface area (Å²) in [6.07, 6.45) is 2.81. The fourth-order valence-electron chi connectivity index (χ4n) is 3.02. The highest BCUT2D eigenvalue weighted by atomic mass is 16.5. The predicted octanol–water partition coefficient (Wildman–Crippen LogP) is 0.927. The van der Waals surface area contributed by atoms with Crippen LogP contribution in [0.5, 0.6) is 0 Å². The normalized spacial score (nSPS) is 35.6. The molecule has 5 heteroatoms. The Morgan fingerprint density at radius 1 is 1.32 bits per heavy atom. The highest BCUT2D eigenvalue weighted by Gasteiger charge is 2.40. The van der Waals surface area contributed by atoms with E-state index in [1.54, 1.807) is 11.8 Å². The molecule has 0 saturated carbocycles. The average Bonchev–Trinajstić information content (AvgIpc) is 2.86. The molecule has 0 aromatic heterocycles. The van der Waals surface area contributed by atoms with Gasteiger partial charge in [0.1, 0.15) is 12.1 Å². The number of ether oxygens (including phenoxy) is 1. The molecule has 2 fully saturated rings. The molecule has 108 valence electrons. The molecule has 4 atom stereocenters. The van der Waals surface area contributed by atoms with Crippen molar-refractivity contribution in [2.75, 3.05) is 13.2 Å². The number of nitrogens with one attached hydrogen (secondary N) is 1. The summed E-state index contributed by atoms with van der Waals surface area (Å²) in [7, 11) is 0. The van der Waals surface area contributed by atoms with Gasteiger partial charge >= 0.3 is 0 Å². The van der Waals surface area contributed by atoms with E-state index in [0.717, 1.165) is 19.4 Å². The number of carbonyl (C=O) groups excluding carboxylic acids is 2. The Morgan fingerprint density at radius 3 is 2.68 bits per heavy atom. The molecular formula is C14H24N2O3. The van der Waals surface area contributed by atoms with Crippen molar-refractivity contribution in [1.29, 1.82) is 0 Å². The Hall–Kier alpha value is -1.10. The molecule has 2 heterocycles. The number of carbonyl (C=O) groups is 2.